The van der Waals surface area contributed by atoms with E-state index in [4.69, 9.17) is 5.26 Å². The molecule has 1 amide bonds. The topological polar surface area (TPSA) is 90.7 Å². The number of hydrogen-bond acceptors (Lipinski definition) is 7. The van der Waals surface area contributed by atoms with Gasteiger partial charge in [0.15, 0.2) is 4.34 Å². The highest BCUT2D eigenvalue weighted by molar-refractivity contribution is 8.01. The second-order valence-electron chi connectivity index (χ2n) is 3.52. The molecule has 0 radical (unpaired) electrons. The van der Waals surface area contributed by atoms with Crippen LogP contribution < -0.4 is 10.6 Å². The van der Waals surface area contributed by atoms with Crippen LogP contribution in [-0.2, 0) is 4.79 Å². The number of thioether (sulfide) groups is 1. The average Bonchev–Trinajstić information content (AvgIpc) is 3.02. The summed E-state index contributed by atoms with van der Waals surface area (Å²) in [5.41, 5.74) is 0. The molecule has 0 bridgehead atoms. The molecular weight excluding hydrogens is 258 g/mol. The lowest BCUT2D eigenvalue weighted by Gasteiger charge is -1.97. The molecule has 90 valence electrons. The summed E-state index contributed by atoms with van der Waals surface area (Å²) >= 11 is 2.78. The summed E-state index contributed by atoms with van der Waals surface area (Å²) in [6.45, 7) is 0.0456. The van der Waals surface area contributed by atoms with E-state index >= 15 is 0 Å². The molecule has 0 spiro atoms. The second-order valence-corrected chi connectivity index (χ2v) is 5.72. The van der Waals surface area contributed by atoms with Gasteiger partial charge in [-0.2, -0.15) is 5.26 Å². The van der Waals surface area contributed by atoms with Crippen LogP contribution in [0.1, 0.15) is 12.8 Å². The number of rotatable bonds is 6. The Hall–Kier alpha value is -1.33. The van der Waals surface area contributed by atoms with Crippen molar-refractivity contribution in [1.29, 1.82) is 5.26 Å². The fourth-order valence-corrected chi connectivity index (χ4v) is 2.70. The SMILES string of the molecule is N#CCNC(=O)CSc1nnc(NC2CC2)s1. The first-order valence-corrected chi connectivity index (χ1v) is 6.94. The van der Waals surface area contributed by atoms with Gasteiger partial charge in [-0.3, -0.25) is 4.79 Å². The molecule has 1 aromatic heterocycles. The lowest BCUT2D eigenvalue weighted by atomic mass is 10.6. The Labute approximate surface area is 107 Å². The number of carbonyl (C=O) groups excluding carboxylic acids is 1. The van der Waals surface area contributed by atoms with Crippen LogP contribution in [0.5, 0.6) is 0 Å². The first-order valence-electron chi connectivity index (χ1n) is 5.14. The quantitative estimate of drug-likeness (QED) is 0.587. The minimum atomic E-state index is -0.163. The van der Waals surface area contributed by atoms with Crippen molar-refractivity contribution in [3.8, 4) is 6.07 Å². The third-order valence-electron chi connectivity index (χ3n) is 2.00. The molecule has 0 aromatic carbocycles. The molecule has 0 unspecified atom stereocenters. The molecule has 1 fully saturated rings. The maximum atomic E-state index is 11.2. The van der Waals surface area contributed by atoms with Gasteiger partial charge < -0.3 is 10.6 Å². The third-order valence-corrected chi connectivity index (χ3v) is 3.99. The van der Waals surface area contributed by atoms with Gasteiger partial charge in [-0.05, 0) is 12.8 Å². The minimum absolute atomic E-state index is 0.0456. The van der Waals surface area contributed by atoms with E-state index in [9.17, 15) is 4.79 Å². The van der Waals surface area contributed by atoms with Gasteiger partial charge in [-0.25, -0.2) is 0 Å². The van der Waals surface area contributed by atoms with Crippen LogP contribution >= 0.6 is 23.1 Å². The first-order chi connectivity index (χ1) is 8.28. The van der Waals surface area contributed by atoms with Crippen LogP contribution in [0.2, 0.25) is 0 Å². The van der Waals surface area contributed by atoms with E-state index in [0.717, 1.165) is 9.47 Å². The number of amides is 1. The molecular formula is C9H11N5OS2. The molecule has 1 saturated carbocycles. The molecule has 17 heavy (non-hydrogen) atoms. The van der Waals surface area contributed by atoms with Crippen molar-refractivity contribution in [2.75, 3.05) is 17.6 Å². The van der Waals surface area contributed by atoms with Crippen LogP contribution in [0.4, 0.5) is 5.13 Å². The highest BCUT2D eigenvalue weighted by Crippen LogP contribution is 2.29. The first kappa shape index (κ1) is 12.1. The maximum Gasteiger partial charge on any atom is 0.231 e. The van der Waals surface area contributed by atoms with Crippen molar-refractivity contribution < 1.29 is 4.79 Å². The van der Waals surface area contributed by atoms with Gasteiger partial charge in [-0.15, -0.1) is 10.2 Å². The van der Waals surface area contributed by atoms with Crippen molar-refractivity contribution in [1.82, 2.24) is 15.5 Å². The molecule has 0 atom stereocenters. The minimum Gasteiger partial charge on any atom is -0.357 e. The summed E-state index contributed by atoms with van der Waals surface area (Å²) in [4.78, 5) is 11.2. The number of nitrogens with zero attached hydrogens (tertiary/aromatic N) is 3. The van der Waals surface area contributed by atoms with E-state index in [1.54, 1.807) is 0 Å². The summed E-state index contributed by atoms with van der Waals surface area (Å²) in [6, 6.07) is 2.41. The van der Waals surface area contributed by atoms with Gasteiger partial charge in [-0.1, -0.05) is 23.1 Å². The second kappa shape index (κ2) is 5.84. The molecule has 2 rings (SSSR count). The Morgan fingerprint density at radius 1 is 1.59 bits per heavy atom. The van der Waals surface area contributed by atoms with E-state index < -0.39 is 0 Å². The van der Waals surface area contributed by atoms with Gasteiger partial charge in [0.2, 0.25) is 11.0 Å². The maximum absolute atomic E-state index is 11.2. The summed E-state index contributed by atoms with van der Waals surface area (Å²) in [5, 5.41) is 22.8. The average molecular weight is 269 g/mol. The zero-order chi connectivity index (χ0) is 12.1. The lowest BCUT2D eigenvalue weighted by Crippen LogP contribution is -2.25. The Morgan fingerprint density at radius 3 is 3.12 bits per heavy atom. The number of nitriles is 1. The third kappa shape index (κ3) is 4.20. The van der Waals surface area contributed by atoms with Crippen LogP contribution in [0.25, 0.3) is 0 Å². The van der Waals surface area contributed by atoms with Gasteiger partial charge in [0.05, 0.1) is 11.8 Å². The standard InChI is InChI=1S/C9H11N5OS2/c10-3-4-11-7(15)5-16-9-14-13-8(17-9)12-6-1-2-6/h6H,1-2,4-5H2,(H,11,15)(H,12,13). The van der Waals surface area contributed by atoms with Gasteiger partial charge in [0.25, 0.3) is 0 Å². The number of anilines is 1. The van der Waals surface area contributed by atoms with Crippen molar-refractivity contribution in [2.45, 2.75) is 23.2 Å². The fraction of sp³-hybridized carbons (Fsp3) is 0.556. The van der Waals surface area contributed by atoms with E-state index in [-0.39, 0.29) is 18.2 Å². The van der Waals surface area contributed by atoms with Crippen molar-refractivity contribution >= 4 is 34.1 Å². The number of hydrogen-bond donors (Lipinski definition) is 2. The molecule has 0 aliphatic heterocycles. The smallest absolute Gasteiger partial charge is 0.231 e. The predicted molar refractivity (Wildman–Crippen MR) is 65.9 cm³/mol. The fourth-order valence-electron chi connectivity index (χ4n) is 1.05. The van der Waals surface area contributed by atoms with Crippen LogP contribution in [0.15, 0.2) is 4.34 Å². The Morgan fingerprint density at radius 2 is 2.41 bits per heavy atom. The van der Waals surface area contributed by atoms with Crippen molar-refractivity contribution in [3.63, 3.8) is 0 Å². The zero-order valence-corrected chi connectivity index (χ0v) is 10.6. The molecule has 6 nitrogen and oxygen atoms in total. The molecule has 1 aromatic rings. The van der Waals surface area contributed by atoms with Crippen LogP contribution in [0, 0.1) is 11.3 Å². The Balaban J connectivity index is 1.72. The molecule has 1 aliphatic rings. The van der Waals surface area contributed by atoms with Crippen LogP contribution in [0.3, 0.4) is 0 Å². The molecule has 1 heterocycles. The molecule has 8 heteroatoms. The largest absolute Gasteiger partial charge is 0.357 e. The number of nitrogens with one attached hydrogen (secondary N) is 2. The van der Waals surface area contributed by atoms with E-state index in [0.29, 0.717) is 6.04 Å². The highest BCUT2D eigenvalue weighted by atomic mass is 32.2. The molecule has 2 N–H and O–H groups in total. The molecule has 0 saturated heterocycles. The van der Waals surface area contributed by atoms with Crippen molar-refractivity contribution in [2.24, 2.45) is 0 Å². The normalized spacial score (nSPS) is 14.1. The van der Waals surface area contributed by atoms with E-state index in [1.807, 2.05) is 6.07 Å². The highest BCUT2D eigenvalue weighted by Gasteiger charge is 2.22. The Kier molecular flexibility index (Phi) is 4.17. The lowest BCUT2D eigenvalue weighted by molar-refractivity contribution is -0.118. The number of aromatic nitrogens is 2. The summed E-state index contributed by atoms with van der Waals surface area (Å²) < 4.78 is 0.764. The predicted octanol–water partition coefficient (Wildman–Crippen LogP) is 0.844. The van der Waals surface area contributed by atoms with Crippen LogP contribution in [-0.4, -0.2) is 34.4 Å². The van der Waals surface area contributed by atoms with Gasteiger partial charge in [0.1, 0.15) is 6.54 Å². The summed E-state index contributed by atoms with van der Waals surface area (Å²) in [7, 11) is 0. The number of carbonyl (C=O) groups is 1. The summed E-state index contributed by atoms with van der Waals surface area (Å²) in [6.07, 6.45) is 2.39. The summed E-state index contributed by atoms with van der Waals surface area (Å²) in [5.74, 6) is 0.100. The Bertz CT molecular complexity index is 437. The monoisotopic (exact) mass is 269 g/mol. The van der Waals surface area contributed by atoms with E-state index in [1.165, 1.54) is 35.9 Å². The van der Waals surface area contributed by atoms with Gasteiger partial charge >= 0.3 is 0 Å². The van der Waals surface area contributed by atoms with E-state index in [2.05, 4.69) is 20.8 Å². The zero-order valence-electron chi connectivity index (χ0n) is 8.97. The van der Waals surface area contributed by atoms with Crippen molar-refractivity contribution in [3.05, 3.63) is 0 Å². The molecule has 1 aliphatic carbocycles. The van der Waals surface area contributed by atoms with Gasteiger partial charge in [0, 0.05) is 6.04 Å².